The second-order valence-electron chi connectivity index (χ2n) is 8.33. The molecule has 7 nitrogen and oxygen atoms in total. The molecule has 0 bridgehead atoms. The van der Waals surface area contributed by atoms with Crippen LogP contribution in [0.1, 0.15) is 16.7 Å². The Bertz CT molecular complexity index is 1290. The number of hydrogen-bond donors (Lipinski definition) is 1. The van der Waals surface area contributed by atoms with Gasteiger partial charge in [0.1, 0.15) is 18.1 Å². The number of aryl methyl sites for hydroxylation is 3. The van der Waals surface area contributed by atoms with Crippen molar-refractivity contribution in [3.05, 3.63) is 83.4 Å². The van der Waals surface area contributed by atoms with Crippen molar-refractivity contribution < 1.29 is 22.7 Å². The number of fused-ring (bicyclic) bond motifs is 1. The van der Waals surface area contributed by atoms with Crippen molar-refractivity contribution in [1.29, 1.82) is 0 Å². The van der Waals surface area contributed by atoms with Crippen LogP contribution in [0.15, 0.2) is 71.6 Å². The Kier molecular flexibility index (Phi) is 6.79. The minimum absolute atomic E-state index is 0.128. The predicted octanol–water partition coefficient (Wildman–Crippen LogP) is 3.76. The van der Waals surface area contributed by atoms with E-state index in [1.165, 1.54) is 4.31 Å². The maximum Gasteiger partial charge on any atom is 0.264 e. The SMILES string of the molecule is Cc1ccc(S(=O)(=O)N2C[C@@H](C(=O)NCCOc3cc(C)ccc3C)Oc3ccccc32)cc1. The zero-order valence-corrected chi connectivity index (χ0v) is 20.3. The number of nitrogens with zero attached hydrogens (tertiary/aromatic N) is 1. The Labute approximate surface area is 200 Å². The van der Waals surface area contributed by atoms with Gasteiger partial charge < -0.3 is 14.8 Å². The van der Waals surface area contributed by atoms with Gasteiger partial charge in [-0.05, 0) is 62.2 Å². The van der Waals surface area contributed by atoms with Gasteiger partial charge in [-0.3, -0.25) is 9.10 Å². The molecule has 0 unspecified atom stereocenters. The number of sulfonamides is 1. The van der Waals surface area contributed by atoms with Crippen LogP contribution in [0.4, 0.5) is 5.69 Å². The van der Waals surface area contributed by atoms with Gasteiger partial charge in [0.15, 0.2) is 6.10 Å². The topological polar surface area (TPSA) is 84.9 Å². The summed E-state index contributed by atoms with van der Waals surface area (Å²) in [5.41, 5.74) is 3.47. The lowest BCUT2D eigenvalue weighted by Crippen LogP contribution is -2.51. The normalized spacial score (nSPS) is 15.3. The van der Waals surface area contributed by atoms with E-state index in [1.807, 2.05) is 39.0 Å². The first-order valence-electron chi connectivity index (χ1n) is 11.1. The van der Waals surface area contributed by atoms with E-state index in [2.05, 4.69) is 5.32 Å². The quantitative estimate of drug-likeness (QED) is 0.521. The molecule has 1 atom stereocenters. The third-order valence-corrected chi connectivity index (χ3v) is 7.43. The summed E-state index contributed by atoms with van der Waals surface area (Å²) in [6.45, 7) is 6.26. The van der Waals surface area contributed by atoms with Crippen molar-refractivity contribution in [2.24, 2.45) is 0 Å². The first-order valence-corrected chi connectivity index (χ1v) is 12.5. The Balaban J connectivity index is 1.46. The van der Waals surface area contributed by atoms with Gasteiger partial charge in [-0.15, -0.1) is 0 Å². The van der Waals surface area contributed by atoms with E-state index in [-0.39, 0.29) is 24.6 Å². The number of hydrogen-bond acceptors (Lipinski definition) is 5. The lowest BCUT2D eigenvalue weighted by Gasteiger charge is -2.34. The van der Waals surface area contributed by atoms with E-state index >= 15 is 0 Å². The van der Waals surface area contributed by atoms with Crippen LogP contribution in [0.25, 0.3) is 0 Å². The highest BCUT2D eigenvalue weighted by molar-refractivity contribution is 7.92. The molecule has 1 aliphatic heterocycles. The molecule has 0 saturated carbocycles. The van der Waals surface area contributed by atoms with Crippen molar-refractivity contribution in [2.75, 3.05) is 24.0 Å². The smallest absolute Gasteiger partial charge is 0.264 e. The molecule has 3 aromatic carbocycles. The lowest BCUT2D eigenvalue weighted by atomic mass is 10.1. The number of rotatable bonds is 7. The molecule has 0 spiro atoms. The Morgan fingerprint density at radius 1 is 1.03 bits per heavy atom. The minimum atomic E-state index is -3.88. The maximum absolute atomic E-state index is 13.4. The molecule has 0 aliphatic carbocycles. The van der Waals surface area contributed by atoms with E-state index in [0.29, 0.717) is 11.4 Å². The summed E-state index contributed by atoms with van der Waals surface area (Å²) < 4.78 is 39.8. The molecule has 0 aromatic heterocycles. The van der Waals surface area contributed by atoms with Crippen LogP contribution in [-0.4, -0.2) is 40.1 Å². The second-order valence-corrected chi connectivity index (χ2v) is 10.2. The number of ether oxygens (including phenoxy) is 2. The number of benzene rings is 3. The number of amides is 1. The predicted molar refractivity (Wildman–Crippen MR) is 131 cm³/mol. The largest absolute Gasteiger partial charge is 0.491 e. The second kappa shape index (κ2) is 9.77. The first kappa shape index (κ1) is 23.6. The van der Waals surface area contributed by atoms with E-state index in [9.17, 15) is 13.2 Å². The summed E-state index contributed by atoms with van der Waals surface area (Å²) in [5, 5.41) is 2.80. The van der Waals surface area contributed by atoms with Crippen LogP contribution >= 0.6 is 0 Å². The van der Waals surface area contributed by atoms with E-state index in [0.717, 1.165) is 22.4 Å². The minimum Gasteiger partial charge on any atom is -0.491 e. The van der Waals surface area contributed by atoms with Gasteiger partial charge in [0.25, 0.3) is 15.9 Å². The molecule has 0 radical (unpaired) electrons. The molecule has 1 N–H and O–H groups in total. The summed E-state index contributed by atoms with van der Waals surface area (Å²) in [6.07, 6.45) is -0.990. The molecule has 178 valence electrons. The Morgan fingerprint density at radius 3 is 2.50 bits per heavy atom. The van der Waals surface area contributed by atoms with Crippen LogP contribution in [0.3, 0.4) is 0 Å². The van der Waals surface area contributed by atoms with Gasteiger partial charge in [-0.25, -0.2) is 8.42 Å². The molecule has 0 saturated heterocycles. The molecule has 1 aliphatic rings. The summed E-state index contributed by atoms with van der Waals surface area (Å²) in [7, 11) is -3.88. The molecule has 34 heavy (non-hydrogen) atoms. The Morgan fingerprint density at radius 2 is 1.74 bits per heavy atom. The summed E-state index contributed by atoms with van der Waals surface area (Å²) in [4.78, 5) is 13.0. The molecule has 1 heterocycles. The lowest BCUT2D eigenvalue weighted by molar-refractivity contribution is -0.127. The van der Waals surface area contributed by atoms with E-state index in [1.54, 1.807) is 48.5 Å². The zero-order valence-electron chi connectivity index (χ0n) is 19.4. The fourth-order valence-electron chi connectivity index (χ4n) is 3.72. The van der Waals surface area contributed by atoms with Crippen molar-refractivity contribution in [2.45, 2.75) is 31.8 Å². The molecular formula is C26H28N2O5S. The molecule has 8 heteroatoms. The highest BCUT2D eigenvalue weighted by atomic mass is 32.2. The van der Waals surface area contributed by atoms with Crippen molar-refractivity contribution >= 4 is 21.6 Å². The summed E-state index contributed by atoms with van der Waals surface area (Å²) in [6, 6.07) is 19.4. The third kappa shape index (κ3) is 5.02. The summed E-state index contributed by atoms with van der Waals surface area (Å²) >= 11 is 0. The monoisotopic (exact) mass is 480 g/mol. The van der Waals surface area contributed by atoms with Crippen LogP contribution in [0, 0.1) is 20.8 Å². The van der Waals surface area contributed by atoms with Crippen molar-refractivity contribution in [3.8, 4) is 11.5 Å². The fourth-order valence-corrected chi connectivity index (χ4v) is 5.19. The average molecular weight is 481 g/mol. The van der Waals surface area contributed by atoms with Crippen molar-refractivity contribution in [3.63, 3.8) is 0 Å². The van der Waals surface area contributed by atoms with E-state index < -0.39 is 22.0 Å². The third-order valence-electron chi connectivity index (χ3n) is 5.64. The standard InChI is InChI=1S/C26H28N2O5S/c1-18-9-12-21(13-10-18)34(30,31)28-17-25(33-23-7-5-4-6-22(23)28)26(29)27-14-15-32-24-16-19(2)8-11-20(24)3/h4-13,16,25H,14-15,17H2,1-3H3,(H,27,29)/t25-/m0/s1. The molecule has 3 aromatic rings. The highest BCUT2D eigenvalue weighted by Gasteiger charge is 2.37. The van der Waals surface area contributed by atoms with E-state index in [4.69, 9.17) is 9.47 Å². The van der Waals surface area contributed by atoms with Gasteiger partial charge in [0, 0.05) is 0 Å². The summed E-state index contributed by atoms with van der Waals surface area (Å²) in [5.74, 6) is 0.715. The zero-order chi connectivity index (χ0) is 24.3. The number of carbonyl (C=O) groups is 1. The van der Waals surface area contributed by atoms with Crippen LogP contribution < -0.4 is 19.1 Å². The van der Waals surface area contributed by atoms with Gasteiger partial charge in [0.2, 0.25) is 0 Å². The molecule has 4 rings (SSSR count). The maximum atomic E-state index is 13.4. The first-order chi connectivity index (χ1) is 16.3. The fraction of sp³-hybridized carbons (Fsp3) is 0.269. The van der Waals surface area contributed by atoms with Gasteiger partial charge >= 0.3 is 0 Å². The van der Waals surface area contributed by atoms with Gasteiger partial charge in [-0.2, -0.15) is 0 Å². The van der Waals surface area contributed by atoms with Crippen LogP contribution in [0.2, 0.25) is 0 Å². The van der Waals surface area contributed by atoms with Crippen LogP contribution in [0.5, 0.6) is 11.5 Å². The Hall–Kier alpha value is -3.52. The molecule has 1 amide bonds. The van der Waals surface area contributed by atoms with Gasteiger partial charge in [-0.1, -0.05) is 42.0 Å². The number of anilines is 1. The average Bonchev–Trinajstić information content (AvgIpc) is 2.83. The molecular weight excluding hydrogens is 452 g/mol. The van der Waals surface area contributed by atoms with Crippen molar-refractivity contribution in [1.82, 2.24) is 5.32 Å². The van der Waals surface area contributed by atoms with Crippen LogP contribution in [-0.2, 0) is 14.8 Å². The van der Waals surface area contributed by atoms with Gasteiger partial charge in [0.05, 0.1) is 23.7 Å². The number of para-hydroxylation sites is 2. The number of nitrogens with one attached hydrogen (secondary N) is 1. The number of carbonyl (C=O) groups excluding carboxylic acids is 1. The molecule has 0 fully saturated rings. The highest BCUT2D eigenvalue weighted by Crippen LogP contribution is 2.36.